The zero-order valence-electron chi connectivity index (χ0n) is 13.9. The fourth-order valence-electron chi connectivity index (χ4n) is 3.23. The van der Waals surface area contributed by atoms with Gasteiger partial charge in [0.25, 0.3) is 5.91 Å². The predicted molar refractivity (Wildman–Crippen MR) is 101 cm³/mol. The fraction of sp³-hybridized carbons (Fsp3) is 0.308. The number of hydrogen-bond donors (Lipinski definition) is 2. The third-order valence-electron chi connectivity index (χ3n) is 5.12. The molecule has 2 aliphatic heterocycles. The lowest BCUT2D eigenvalue weighted by Crippen LogP contribution is -2.75. The van der Waals surface area contributed by atoms with Crippen LogP contribution in [0.4, 0.5) is 10.1 Å². The molecule has 118 valence electrons. The van der Waals surface area contributed by atoms with E-state index in [0.29, 0.717) is 4.90 Å². The van der Waals surface area contributed by atoms with Crippen LogP contribution in [0.15, 0.2) is 0 Å². The molecule has 14 heteroatoms. The van der Waals surface area contributed by atoms with E-state index in [-0.39, 0.29) is 16.8 Å². The first kappa shape index (κ1) is 19.8. The summed E-state index contributed by atoms with van der Waals surface area (Å²) < 4.78 is 14.1. The largest absolute Gasteiger partial charge is 0.399 e. The van der Waals surface area contributed by atoms with Gasteiger partial charge in [-0.1, -0.05) is 5.21 Å². The van der Waals surface area contributed by atoms with E-state index in [1.807, 2.05) is 5.32 Å². The number of nitrogens with zero attached hydrogens (tertiary/aromatic N) is 1. The molecule has 0 aliphatic carbocycles. The van der Waals surface area contributed by atoms with Crippen LogP contribution in [-0.2, 0) is 16.1 Å². The third-order valence-corrected chi connectivity index (χ3v) is 5.12. The van der Waals surface area contributed by atoms with Gasteiger partial charge in [-0.3, -0.25) is 19.7 Å². The van der Waals surface area contributed by atoms with Gasteiger partial charge >= 0.3 is 0 Å². The maximum absolute atomic E-state index is 14.1. The Bertz CT molecular complexity index is 938. The summed E-state index contributed by atoms with van der Waals surface area (Å²) >= 11 is 0. The zero-order valence-corrected chi connectivity index (χ0v) is 13.9. The Balaban J connectivity index is 2.22. The molecule has 1 saturated heterocycles. The van der Waals surface area contributed by atoms with Gasteiger partial charge in [-0.2, -0.15) is 0 Å². The minimum atomic E-state index is -2.62. The molecule has 14 radical (unpaired) electrons. The molecule has 1 unspecified atom stereocenters. The van der Waals surface area contributed by atoms with Crippen LogP contribution in [0.5, 0.6) is 0 Å². The van der Waals surface area contributed by atoms with Gasteiger partial charge in [0.2, 0.25) is 11.8 Å². The van der Waals surface area contributed by atoms with Crippen molar-refractivity contribution in [3.05, 3.63) is 16.9 Å². The van der Waals surface area contributed by atoms with E-state index in [1.54, 1.807) is 0 Å². The minimum Gasteiger partial charge on any atom is -0.399 e. The van der Waals surface area contributed by atoms with Crippen LogP contribution in [0, 0.1) is 5.82 Å². The van der Waals surface area contributed by atoms with Gasteiger partial charge in [0.15, 0.2) is 0 Å². The van der Waals surface area contributed by atoms with Crippen molar-refractivity contribution in [3.63, 3.8) is 0 Å². The summed E-state index contributed by atoms with van der Waals surface area (Å²) in [6, 6.07) is 0. The number of fused-ring (bicyclic) bond motifs is 1. The van der Waals surface area contributed by atoms with E-state index < -0.39 is 56.9 Å². The maximum Gasteiger partial charge on any atom is 0.254 e. The Morgan fingerprint density at radius 2 is 1.56 bits per heavy atom. The van der Waals surface area contributed by atoms with E-state index >= 15 is 0 Å². The summed E-state index contributed by atoms with van der Waals surface area (Å²) in [5, 5.41) is -3.33. The zero-order chi connectivity index (χ0) is 20.7. The summed E-state index contributed by atoms with van der Waals surface area (Å²) in [5.74, 6) is -4.56. The third kappa shape index (κ3) is 2.12. The number of nitrogens with one attached hydrogen (secondary N) is 1. The molecule has 1 aromatic carbocycles. The van der Waals surface area contributed by atoms with Gasteiger partial charge in [-0.05, 0) is 16.1 Å². The first-order chi connectivity index (χ1) is 12.2. The summed E-state index contributed by atoms with van der Waals surface area (Å²) in [6.07, 6.45) is 0. The fourth-order valence-corrected chi connectivity index (χ4v) is 3.23. The number of nitrogens with two attached hydrogens (primary N) is 1. The summed E-state index contributed by atoms with van der Waals surface area (Å²) in [4.78, 5) is 38.0. The monoisotopic (exact) mass is 347 g/mol. The van der Waals surface area contributed by atoms with Crippen LogP contribution in [0.25, 0.3) is 0 Å². The highest BCUT2D eigenvalue weighted by Gasteiger charge is 2.63. The Morgan fingerprint density at radius 3 is 2.11 bits per heavy atom. The lowest BCUT2D eigenvalue weighted by atomic mass is 9.21. The smallest absolute Gasteiger partial charge is 0.254 e. The van der Waals surface area contributed by atoms with Crippen molar-refractivity contribution in [2.24, 2.45) is 0 Å². The number of nitrogen functional groups attached to an aromatic ring is 1. The number of imide groups is 1. The quantitative estimate of drug-likeness (QED) is 0.304. The summed E-state index contributed by atoms with van der Waals surface area (Å²) in [6.45, 7) is -0.459. The van der Waals surface area contributed by atoms with Gasteiger partial charge in [-0.25, -0.2) is 4.39 Å². The average molecular weight is 346 g/mol. The molecule has 0 aromatic heterocycles. The number of carbonyl (C=O) groups is 3. The Kier molecular flexibility index (Phi) is 4.04. The maximum atomic E-state index is 14.1. The highest BCUT2D eigenvalue weighted by Crippen LogP contribution is 2.55. The van der Waals surface area contributed by atoms with Crippen LogP contribution in [-0.4, -0.2) is 83.0 Å². The predicted octanol–water partition coefficient (Wildman–Crippen LogP) is -4.62. The van der Waals surface area contributed by atoms with Gasteiger partial charge in [0.1, 0.15) is 29.4 Å². The number of carbonyl (C=O) groups excluding carboxylic acids is 3. The Hall–Kier alpha value is -1.99. The molecule has 1 fully saturated rings. The minimum absolute atomic E-state index is 0.0152. The topological polar surface area (TPSA) is 92.5 Å². The van der Waals surface area contributed by atoms with Crippen molar-refractivity contribution in [2.75, 3.05) is 5.73 Å². The van der Waals surface area contributed by atoms with E-state index in [1.165, 1.54) is 0 Å². The lowest BCUT2D eigenvalue weighted by Gasteiger charge is -2.60. The molecular weight excluding hydrogens is 341 g/mol. The first-order valence-corrected chi connectivity index (χ1v) is 7.48. The van der Waals surface area contributed by atoms with Crippen LogP contribution in [0.1, 0.15) is 15.9 Å². The standard InChI is InChI=1S/C13H5B7FN3O3/c14-4-3-2(7(22)5(15)6(4)21)1-24(8(3)25)12(18)10(27)23-9(26)11(16,17)13(12,19)20/h1,22H2,(H,23,26,27). The van der Waals surface area contributed by atoms with Crippen molar-refractivity contribution in [1.29, 1.82) is 0 Å². The van der Waals surface area contributed by atoms with E-state index in [2.05, 4.69) is 0 Å². The van der Waals surface area contributed by atoms with Crippen LogP contribution >= 0.6 is 0 Å². The second kappa shape index (κ2) is 5.52. The van der Waals surface area contributed by atoms with Crippen molar-refractivity contribution in [3.8, 4) is 0 Å². The number of piperidine rings is 1. The molecular formula is C13H5B7FN3O3. The van der Waals surface area contributed by atoms with E-state index in [4.69, 9.17) is 60.7 Å². The van der Waals surface area contributed by atoms with Gasteiger partial charge < -0.3 is 10.6 Å². The lowest BCUT2D eigenvalue weighted by molar-refractivity contribution is -0.140. The first-order valence-electron chi connectivity index (χ1n) is 7.48. The van der Waals surface area contributed by atoms with E-state index in [9.17, 15) is 18.8 Å². The molecule has 0 spiro atoms. The highest BCUT2D eigenvalue weighted by molar-refractivity contribution is 6.66. The molecule has 2 heterocycles. The van der Waals surface area contributed by atoms with Crippen molar-refractivity contribution >= 4 is 89.3 Å². The van der Waals surface area contributed by atoms with Gasteiger partial charge in [0, 0.05) is 23.4 Å². The molecule has 3 amide bonds. The number of hydrogen-bond acceptors (Lipinski definition) is 4. The molecule has 2 aliphatic rings. The molecule has 1 aromatic rings. The number of benzene rings is 1. The van der Waals surface area contributed by atoms with Crippen LogP contribution in [0.2, 0.25) is 10.4 Å². The molecule has 1 atom stereocenters. The van der Waals surface area contributed by atoms with Crippen molar-refractivity contribution < 1.29 is 18.8 Å². The second-order valence-electron chi connectivity index (χ2n) is 6.59. The van der Waals surface area contributed by atoms with Crippen molar-refractivity contribution in [1.82, 2.24) is 10.2 Å². The average Bonchev–Trinajstić information content (AvgIpc) is 2.93. The SMILES string of the molecule is [B]c1c(N)c2c(c([B])c1F)C(=O)N(C1([B])C(=O)NC(=O)C([B])([B])C1([B])[B])C2. The van der Waals surface area contributed by atoms with Crippen LogP contribution in [0.3, 0.4) is 0 Å². The molecule has 0 saturated carbocycles. The number of anilines is 1. The normalized spacial score (nSPS) is 26.0. The summed E-state index contributed by atoms with van der Waals surface area (Å²) in [7, 11) is 40.4. The Labute approximate surface area is 163 Å². The van der Waals surface area contributed by atoms with Crippen molar-refractivity contribution in [2.45, 2.75) is 22.4 Å². The molecule has 0 bridgehead atoms. The van der Waals surface area contributed by atoms with E-state index in [0.717, 1.165) is 0 Å². The second-order valence-corrected chi connectivity index (χ2v) is 6.59. The summed E-state index contributed by atoms with van der Waals surface area (Å²) in [5.41, 5.74) is 1.49. The molecule has 27 heavy (non-hydrogen) atoms. The Morgan fingerprint density at radius 1 is 1.00 bits per heavy atom. The van der Waals surface area contributed by atoms with Gasteiger partial charge in [-0.15, -0.1) is 0 Å². The molecule has 3 N–H and O–H groups in total. The van der Waals surface area contributed by atoms with Crippen LogP contribution < -0.4 is 22.0 Å². The molecule has 3 rings (SSSR count). The number of rotatable bonds is 1. The molecule has 6 nitrogen and oxygen atoms in total. The van der Waals surface area contributed by atoms with Gasteiger partial charge in [0.05, 0.1) is 36.8 Å². The highest BCUT2D eigenvalue weighted by atomic mass is 19.1. The number of amides is 3. The number of halogens is 1.